The maximum atomic E-state index is 9.35. The Morgan fingerprint density at radius 1 is 1.15 bits per heavy atom. The smallest absolute Gasteiger partial charge is 0.300 e. The van der Waals surface area contributed by atoms with Crippen molar-refractivity contribution in [2.45, 2.75) is 53.6 Å². The first kappa shape index (κ1) is 14.9. The molecule has 0 aromatic rings. The van der Waals surface area contributed by atoms with Crippen LogP contribution in [0.25, 0.3) is 0 Å². The lowest BCUT2D eigenvalue weighted by Gasteiger charge is -2.27. The van der Waals surface area contributed by atoms with E-state index in [9.17, 15) is 5.11 Å². The number of hydrogen-bond acceptors (Lipinski definition) is 2. The van der Waals surface area contributed by atoms with E-state index in [1.807, 2.05) is 13.8 Å². The molecule has 13 heavy (non-hydrogen) atoms. The summed E-state index contributed by atoms with van der Waals surface area (Å²) >= 11 is 0. The second kappa shape index (κ2) is 5.22. The predicted molar refractivity (Wildman–Crippen MR) is 53.7 cm³/mol. The number of aliphatic carboxylic acids is 1. The Kier molecular flexibility index (Phi) is 6.00. The summed E-state index contributed by atoms with van der Waals surface area (Å²) in [6.45, 7) is 11.2. The van der Waals surface area contributed by atoms with Crippen molar-refractivity contribution in [1.82, 2.24) is 0 Å². The van der Waals surface area contributed by atoms with Crippen LogP contribution in [0.2, 0.25) is 0 Å². The average Bonchev–Trinajstić information content (AvgIpc) is 1.47. The summed E-state index contributed by atoms with van der Waals surface area (Å²) in [6, 6.07) is 0. The molecule has 0 bridgehead atoms. The van der Waals surface area contributed by atoms with E-state index in [4.69, 9.17) is 9.90 Å². The monoisotopic (exact) mass is 190 g/mol. The minimum Gasteiger partial charge on any atom is -0.481 e. The van der Waals surface area contributed by atoms with Gasteiger partial charge in [-0.15, -0.1) is 0 Å². The third-order valence-electron chi connectivity index (χ3n) is 0.963. The Labute approximate surface area is 80.8 Å². The predicted octanol–water partition coefficient (Wildman–Crippen LogP) is 2.28. The third kappa shape index (κ3) is 34.5. The van der Waals surface area contributed by atoms with Crippen LogP contribution in [-0.2, 0) is 4.79 Å². The first-order valence-corrected chi connectivity index (χ1v) is 4.36. The van der Waals surface area contributed by atoms with Crippen molar-refractivity contribution in [2.75, 3.05) is 0 Å². The molecule has 0 aromatic carbocycles. The number of rotatable bonds is 1. The average molecular weight is 190 g/mol. The summed E-state index contributed by atoms with van der Waals surface area (Å²) in [4.78, 5) is 9.00. The van der Waals surface area contributed by atoms with Crippen LogP contribution < -0.4 is 0 Å². The fourth-order valence-corrected chi connectivity index (χ4v) is 1.30. The van der Waals surface area contributed by atoms with E-state index < -0.39 is 11.6 Å². The van der Waals surface area contributed by atoms with Gasteiger partial charge in [-0.25, -0.2) is 0 Å². The van der Waals surface area contributed by atoms with Gasteiger partial charge >= 0.3 is 0 Å². The molecule has 0 aliphatic carbocycles. The topological polar surface area (TPSA) is 57.5 Å². The molecule has 2 N–H and O–H groups in total. The molecule has 0 saturated heterocycles. The highest BCUT2D eigenvalue weighted by Gasteiger charge is 2.21. The molecule has 0 radical (unpaired) electrons. The van der Waals surface area contributed by atoms with Gasteiger partial charge < -0.3 is 10.2 Å². The maximum absolute atomic E-state index is 9.35. The second-order valence-corrected chi connectivity index (χ2v) is 5.07. The SMILES string of the molecule is CC(=O)O.CC(C)(C)CC(C)(C)O. The van der Waals surface area contributed by atoms with Gasteiger partial charge in [0.2, 0.25) is 0 Å². The highest BCUT2D eigenvalue weighted by atomic mass is 16.4. The quantitative estimate of drug-likeness (QED) is 0.667. The summed E-state index contributed by atoms with van der Waals surface area (Å²) in [6.07, 6.45) is 0.847. The highest BCUT2D eigenvalue weighted by Crippen LogP contribution is 2.26. The molecule has 0 aliphatic heterocycles. The first-order chi connectivity index (χ1) is 5.44. The van der Waals surface area contributed by atoms with E-state index in [0.717, 1.165) is 13.3 Å². The van der Waals surface area contributed by atoms with Gasteiger partial charge in [0, 0.05) is 6.92 Å². The lowest BCUT2D eigenvalue weighted by atomic mass is 9.84. The summed E-state index contributed by atoms with van der Waals surface area (Å²) in [7, 11) is 0. The van der Waals surface area contributed by atoms with Crippen molar-refractivity contribution < 1.29 is 15.0 Å². The normalized spacial score (nSPS) is 11.6. The molecule has 0 unspecified atom stereocenters. The Balaban J connectivity index is 0. The first-order valence-electron chi connectivity index (χ1n) is 4.36. The minimum absolute atomic E-state index is 0.234. The molecule has 3 heteroatoms. The summed E-state index contributed by atoms with van der Waals surface area (Å²) in [5.74, 6) is -0.833. The molecule has 0 spiro atoms. The van der Waals surface area contributed by atoms with Gasteiger partial charge in [0.1, 0.15) is 0 Å². The molecule has 3 nitrogen and oxygen atoms in total. The number of carbonyl (C=O) groups is 1. The number of carboxylic acids is 1. The Hall–Kier alpha value is -0.570. The van der Waals surface area contributed by atoms with Crippen molar-refractivity contribution in [3.63, 3.8) is 0 Å². The van der Waals surface area contributed by atoms with Gasteiger partial charge in [0.15, 0.2) is 0 Å². The van der Waals surface area contributed by atoms with E-state index in [0.29, 0.717) is 0 Å². The largest absolute Gasteiger partial charge is 0.481 e. The lowest BCUT2D eigenvalue weighted by molar-refractivity contribution is -0.134. The van der Waals surface area contributed by atoms with Crippen LogP contribution in [0.1, 0.15) is 48.0 Å². The van der Waals surface area contributed by atoms with E-state index in [1.54, 1.807) is 0 Å². The van der Waals surface area contributed by atoms with Gasteiger partial charge in [-0.1, -0.05) is 20.8 Å². The minimum atomic E-state index is -0.833. The van der Waals surface area contributed by atoms with Crippen LogP contribution >= 0.6 is 0 Å². The third-order valence-corrected chi connectivity index (χ3v) is 0.963. The molecule has 0 amide bonds. The zero-order valence-corrected chi connectivity index (χ0v) is 9.51. The molecule has 0 fully saturated rings. The van der Waals surface area contributed by atoms with Crippen LogP contribution in [0.3, 0.4) is 0 Å². The van der Waals surface area contributed by atoms with Gasteiger partial charge in [-0.3, -0.25) is 4.79 Å². The highest BCUT2D eigenvalue weighted by molar-refractivity contribution is 5.62. The summed E-state index contributed by atoms with van der Waals surface area (Å²) in [5, 5.41) is 16.8. The van der Waals surface area contributed by atoms with Gasteiger partial charge in [0.05, 0.1) is 5.60 Å². The number of hydrogen-bond donors (Lipinski definition) is 2. The Morgan fingerprint density at radius 3 is 1.38 bits per heavy atom. The Bertz CT molecular complexity index is 133. The van der Waals surface area contributed by atoms with Crippen LogP contribution in [0.5, 0.6) is 0 Å². The van der Waals surface area contributed by atoms with Crippen molar-refractivity contribution in [2.24, 2.45) is 5.41 Å². The fourth-order valence-electron chi connectivity index (χ4n) is 1.30. The van der Waals surface area contributed by atoms with Gasteiger partial charge in [-0.05, 0) is 25.7 Å². The number of aliphatic hydroxyl groups is 1. The van der Waals surface area contributed by atoms with Crippen molar-refractivity contribution in [1.29, 1.82) is 0 Å². The fraction of sp³-hybridized carbons (Fsp3) is 0.900. The molecular formula is C10H22O3. The maximum Gasteiger partial charge on any atom is 0.300 e. The molecule has 0 rings (SSSR count). The van der Waals surface area contributed by atoms with Crippen LogP contribution in [0.15, 0.2) is 0 Å². The van der Waals surface area contributed by atoms with Gasteiger partial charge in [0.25, 0.3) is 5.97 Å². The van der Waals surface area contributed by atoms with E-state index >= 15 is 0 Å². The Morgan fingerprint density at radius 2 is 1.38 bits per heavy atom. The molecule has 0 heterocycles. The molecule has 0 atom stereocenters. The van der Waals surface area contributed by atoms with Crippen LogP contribution in [0, 0.1) is 5.41 Å². The van der Waals surface area contributed by atoms with Crippen molar-refractivity contribution in [3.05, 3.63) is 0 Å². The molecular weight excluding hydrogens is 168 g/mol. The van der Waals surface area contributed by atoms with E-state index in [1.165, 1.54) is 0 Å². The van der Waals surface area contributed by atoms with E-state index in [2.05, 4.69) is 20.8 Å². The molecule has 0 aromatic heterocycles. The summed E-state index contributed by atoms with van der Waals surface area (Å²) in [5.41, 5.74) is -0.281. The zero-order chi connectivity index (χ0) is 11.3. The standard InChI is InChI=1S/C8H18O.C2H4O2/c1-7(2,3)6-8(4,5)9;1-2(3)4/h9H,6H2,1-5H3;1H3,(H,3,4). The molecule has 0 saturated carbocycles. The number of carboxylic acid groups (broad SMARTS) is 1. The van der Waals surface area contributed by atoms with E-state index in [-0.39, 0.29) is 5.41 Å². The molecule has 0 aliphatic rings. The zero-order valence-electron chi connectivity index (χ0n) is 9.51. The van der Waals surface area contributed by atoms with Crippen molar-refractivity contribution >= 4 is 5.97 Å². The van der Waals surface area contributed by atoms with Crippen LogP contribution in [0.4, 0.5) is 0 Å². The second-order valence-electron chi connectivity index (χ2n) is 5.07. The van der Waals surface area contributed by atoms with Crippen LogP contribution in [-0.4, -0.2) is 21.8 Å². The summed E-state index contributed by atoms with van der Waals surface area (Å²) < 4.78 is 0. The van der Waals surface area contributed by atoms with Crippen molar-refractivity contribution in [3.8, 4) is 0 Å². The lowest BCUT2D eigenvalue weighted by Crippen LogP contribution is -2.25. The van der Waals surface area contributed by atoms with Gasteiger partial charge in [-0.2, -0.15) is 0 Å². The molecule has 80 valence electrons.